The van der Waals surface area contributed by atoms with Gasteiger partial charge in [-0.15, -0.1) is 0 Å². The molecule has 96 valence electrons. The van der Waals surface area contributed by atoms with Gasteiger partial charge in [-0.1, -0.05) is 25.8 Å². The van der Waals surface area contributed by atoms with Crippen molar-refractivity contribution in [3.63, 3.8) is 0 Å². The van der Waals surface area contributed by atoms with Crippen molar-refractivity contribution in [1.29, 1.82) is 0 Å². The Morgan fingerprint density at radius 2 is 2.06 bits per heavy atom. The van der Waals surface area contributed by atoms with E-state index in [0.717, 1.165) is 11.1 Å². The van der Waals surface area contributed by atoms with Crippen molar-refractivity contribution in [2.75, 3.05) is 0 Å². The number of aryl methyl sites for hydroxylation is 1. The topological polar surface area (TPSA) is 43.8 Å². The molecule has 0 amide bonds. The molecule has 0 atom stereocenters. The molecule has 0 saturated heterocycles. The summed E-state index contributed by atoms with van der Waals surface area (Å²) in [7, 11) is 2.14. The molecule has 1 heterocycles. The van der Waals surface area contributed by atoms with Gasteiger partial charge in [0.2, 0.25) is 0 Å². The first kappa shape index (κ1) is 11.7. The number of hydrogen-bond donors (Lipinski definition) is 1. The Morgan fingerprint density at radius 3 is 2.72 bits per heavy atom. The van der Waals surface area contributed by atoms with E-state index >= 15 is 0 Å². The molecule has 18 heavy (non-hydrogen) atoms. The Balaban J connectivity index is 2.16. The molecule has 0 unspecified atom stereocenters. The zero-order valence-electron chi connectivity index (χ0n) is 11.2. The van der Waals surface area contributed by atoms with Crippen molar-refractivity contribution in [2.45, 2.75) is 44.6 Å². The third kappa shape index (κ3) is 1.65. The number of benzene rings is 1. The summed E-state index contributed by atoms with van der Waals surface area (Å²) < 4.78 is 2.26. The van der Waals surface area contributed by atoms with Gasteiger partial charge >= 0.3 is 0 Å². The van der Waals surface area contributed by atoms with Gasteiger partial charge in [-0.05, 0) is 30.5 Å². The fourth-order valence-electron chi connectivity index (χ4n) is 3.29. The molecule has 1 aromatic carbocycles. The fourth-order valence-corrected chi connectivity index (χ4v) is 3.29. The van der Waals surface area contributed by atoms with Crippen molar-refractivity contribution in [3.8, 4) is 0 Å². The maximum Gasteiger partial charge on any atom is 0.115 e. The third-order valence-electron chi connectivity index (χ3n) is 4.43. The highest BCUT2D eigenvalue weighted by atomic mass is 15.1. The molecule has 3 nitrogen and oxygen atoms in total. The zero-order chi connectivity index (χ0) is 12.8. The van der Waals surface area contributed by atoms with Crippen LogP contribution in [0.4, 0.5) is 0 Å². The van der Waals surface area contributed by atoms with Crippen LogP contribution in [-0.2, 0) is 19.0 Å². The van der Waals surface area contributed by atoms with Gasteiger partial charge in [-0.2, -0.15) is 0 Å². The number of hydrogen-bond acceptors (Lipinski definition) is 2. The molecule has 1 fully saturated rings. The Bertz CT molecular complexity index is 577. The van der Waals surface area contributed by atoms with Crippen LogP contribution in [-0.4, -0.2) is 9.55 Å². The van der Waals surface area contributed by atoms with Gasteiger partial charge in [-0.3, -0.25) is 0 Å². The van der Waals surface area contributed by atoms with Crippen LogP contribution in [0.1, 0.15) is 44.0 Å². The van der Waals surface area contributed by atoms with Crippen LogP contribution in [0.25, 0.3) is 11.0 Å². The van der Waals surface area contributed by atoms with Gasteiger partial charge in [0.15, 0.2) is 0 Å². The summed E-state index contributed by atoms with van der Waals surface area (Å²) in [6.07, 6.45) is 5.17. The highest BCUT2D eigenvalue weighted by Crippen LogP contribution is 2.40. The van der Waals surface area contributed by atoms with Crippen LogP contribution in [0.3, 0.4) is 0 Å². The lowest BCUT2D eigenvalue weighted by Crippen LogP contribution is -2.21. The smallest absolute Gasteiger partial charge is 0.115 e. The van der Waals surface area contributed by atoms with Gasteiger partial charge in [-0.25, -0.2) is 4.98 Å². The minimum Gasteiger partial charge on any atom is -0.331 e. The van der Waals surface area contributed by atoms with Gasteiger partial charge in [0.05, 0.1) is 11.0 Å². The summed E-state index contributed by atoms with van der Waals surface area (Å²) in [5, 5.41) is 0. The number of nitrogens with two attached hydrogens (primary N) is 1. The average Bonchev–Trinajstić information content (AvgIpc) is 2.95. The second kappa shape index (κ2) is 4.09. The highest BCUT2D eigenvalue weighted by Gasteiger charge is 2.34. The summed E-state index contributed by atoms with van der Waals surface area (Å²) >= 11 is 0. The molecular weight excluding hydrogens is 222 g/mol. The molecule has 0 radical (unpaired) electrons. The van der Waals surface area contributed by atoms with E-state index in [2.05, 4.69) is 36.7 Å². The average molecular weight is 243 g/mol. The maximum atomic E-state index is 5.70. The summed E-state index contributed by atoms with van der Waals surface area (Å²) in [6, 6.07) is 6.37. The molecule has 3 rings (SSSR count). The molecule has 2 aromatic rings. The van der Waals surface area contributed by atoms with Crippen LogP contribution in [0, 0.1) is 0 Å². The van der Waals surface area contributed by atoms with Gasteiger partial charge in [0, 0.05) is 19.0 Å². The lowest BCUT2D eigenvalue weighted by atomic mass is 9.88. The molecule has 0 spiro atoms. The molecular formula is C15H21N3. The van der Waals surface area contributed by atoms with Crippen LogP contribution in [0.15, 0.2) is 18.2 Å². The number of fused-ring (bicyclic) bond motifs is 1. The van der Waals surface area contributed by atoms with Crippen molar-refractivity contribution < 1.29 is 0 Å². The number of imidazole rings is 1. The van der Waals surface area contributed by atoms with E-state index < -0.39 is 0 Å². The quantitative estimate of drug-likeness (QED) is 0.881. The Labute approximate surface area is 108 Å². The largest absolute Gasteiger partial charge is 0.331 e. The van der Waals surface area contributed by atoms with Gasteiger partial charge in [0.1, 0.15) is 5.82 Å². The highest BCUT2D eigenvalue weighted by molar-refractivity contribution is 5.77. The Morgan fingerprint density at radius 1 is 1.33 bits per heavy atom. The van der Waals surface area contributed by atoms with Crippen LogP contribution < -0.4 is 5.73 Å². The summed E-state index contributed by atoms with van der Waals surface area (Å²) in [4.78, 5) is 4.88. The van der Waals surface area contributed by atoms with E-state index in [4.69, 9.17) is 10.7 Å². The second-order valence-electron chi connectivity index (χ2n) is 5.79. The predicted molar refractivity (Wildman–Crippen MR) is 74.4 cm³/mol. The Kier molecular flexibility index (Phi) is 2.67. The van der Waals surface area contributed by atoms with Crippen molar-refractivity contribution >= 4 is 11.0 Å². The van der Waals surface area contributed by atoms with Gasteiger partial charge < -0.3 is 10.3 Å². The summed E-state index contributed by atoms with van der Waals surface area (Å²) in [5.41, 5.74) is 9.42. The minimum atomic E-state index is 0.261. The van der Waals surface area contributed by atoms with Crippen LogP contribution in [0.5, 0.6) is 0 Å². The SMILES string of the molecule is Cn1c(C2(C)CCCC2)nc2cc(CN)ccc21. The molecule has 3 heteroatoms. The first-order valence-corrected chi connectivity index (χ1v) is 6.80. The van der Waals surface area contributed by atoms with Crippen molar-refractivity contribution in [1.82, 2.24) is 9.55 Å². The first-order valence-electron chi connectivity index (χ1n) is 6.80. The van der Waals surface area contributed by atoms with Gasteiger partial charge in [0.25, 0.3) is 0 Å². The third-order valence-corrected chi connectivity index (χ3v) is 4.43. The molecule has 0 bridgehead atoms. The number of rotatable bonds is 2. The molecule has 1 aliphatic carbocycles. The molecule has 2 N–H and O–H groups in total. The molecule has 0 aliphatic heterocycles. The molecule has 1 aliphatic rings. The van der Waals surface area contributed by atoms with E-state index in [1.807, 2.05) is 0 Å². The number of aromatic nitrogens is 2. The Hall–Kier alpha value is -1.35. The van der Waals surface area contributed by atoms with E-state index in [1.165, 1.54) is 37.0 Å². The fraction of sp³-hybridized carbons (Fsp3) is 0.533. The maximum absolute atomic E-state index is 5.70. The lowest BCUT2D eigenvalue weighted by molar-refractivity contribution is 0.446. The standard InChI is InChI=1S/C15H21N3/c1-15(7-3-4-8-15)14-17-12-9-11(10-16)5-6-13(12)18(14)2/h5-6,9H,3-4,7-8,10,16H2,1-2H3. The van der Waals surface area contributed by atoms with Crippen molar-refractivity contribution in [2.24, 2.45) is 12.8 Å². The second-order valence-corrected chi connectivity index (χ2v) is 5.79. The lowest BCUT2D eigenvalue weighted by Gasteiger charge is -2.22. The molecule has 1 aromatic heterocycles. The van der Waals surface area contributed by atoms with Crippen molar-refractivity contribution in [3.05, 3.63) is 29.6 Å². The molecule has 1 saturated carbocycles. The predicted octanol–water partition coefficient (Wildman–Crippen LogP) is 2.86. The monoisotopic (exact) mass is 243 g/mol. The van der Waals surface area contributed by atoms with E-state index in [1.54, 1.807) is 0 Å². The first-order chi connectivity index (χ1) is 8.64. The summed E-state index contributed by atoms with van der Waals surface area (Å²) in [6.45, 7) is 2.93. The zero-order valence-corrected chi connectivity index (χ0v) is 11.2. The minimum absolute atomic E-state index is 0.261. The normalized spacial score (nSPS) is 18.6. The number of nitrogens with zero attached hydrogens (tertiary/aromatic N) is 2. The van der Waals surface area contributed by atoms with E-state index in [-0.39, 0.29) is 5.41 Å². The van der Waals surface area contributed by atoms with E-state index in [0.29, 0.717) is 6.54 Å². The van der Waals surface area contributed by atoms with Crippen LogP contribution in [0.2, 0.25) is 0 Å². The summed E-state index contributed by atoms with van der Waals surface area (Å²) in [5.74, 6) is 1.24. The van der Waals surface area contributed by atoms with E-state index in [9.17, 15) is 0 Å². The van der Waals surface area contributed by atoms with Crippen LogP contribution >= 0.6 is 0 Å².